The molecule has 0 atom stereocenters. The summed E-state index contributed by atoms with van der Waals surface area (Å²) in [5, 5.41) is 5.08. The number of carbonyl (C=O) groups excluding carboxylic acids is 2. The summed E-state index contributed by atoms with van der Waals surface area (Å²) in [4.78, 5) is 31.3. The Kier molecular flexibility index (Phi) is 7.54. The van der Waals surface area contributed by atoms with E-state index < -0.39 is 0 Å². The molecule has 1 aromatic heterocycles. The smallest absolute Gasteiger partial charge is 0.410 e. The van der Waals surface area contributed by atoms with Gasteiger partial charge in [-0.1, -0.05) is 48.5 Å². The number of ether oxygens (including phenoxy) is 1. The Balaban J connectivity index is 1.40. The van der Waals surface area contributed by atoms with Crippen molar-refractivity contribution in [1.82, 2.24) is 9.88 Å². The van der Waals surface area contributed by atoms with Gasteiger partial charge < -0.3 is 9.64 Å². The number of nitrogens with zero attached hydrogens (tertiary/aromatic N) is 2. The van der Waals surface area contributed by atoms with Gasteiger partial charge in [0.05, 0.1) is 5.01 Å². The van der Waals surface area contributed by atoms with Crippen LogP contribution in [0.1, 0.15) is 34.3 Å². The van der Waals surface area contributed by atoms with Crippen molar-refractivity contribution in [2.24, 2.45) is 0 Å². The maximum atomic E-state index is 13.0. The van der Waals surface area contributed by atoms with Crippen LogP contribution in [0.15, 0.2) is 66.6 Å². The van der Waals surface area contributed by atoms with Gasteiger partial charge in [-0.3, -0.25) is 0 Å². The minimum Gasteiger partial charge on any atom is -0.445 e. The van der Waals surface area contributed by atoms with Gasteiger partial charge in [0.15, 0.2) is 5.69 Å². The second kappa shape index (κ2) is 10.7. The van der Waals surface area contributed by atoms with Crippen molar-refractivity contribution in [3.8, 4) is 11.1 Å². The van der Waals surface area contributed by atoms with E-state index in [0.29, 0.717) is 23.8 Å². The molecule has 33 heavy (non-hydrogen) atoms. The molecule has 2 amide bonds. The number of aromatic nitrogens is 1. The van der Waals surface area contributed by atoms with Crippen molar-refractivity contribution >= 4 is 40.6 Å². The maximum Gasteiger partial charge on any atom is 0.410 e. The van der Waals surface area contributed by atoms with E-state index >= 15 is 0 Å². The Bertz CT molecular complexity index is 1140. The number of carbonyl (C=O) groups is 2. The molecule has 2 aromatic carbocycles. The van der Waals surface area contributed by atoms with Crippen LogP contribution in [0, 0.1) is 0 Å². The normalized spacial score (nSPS) is 14.2. The van der Waals surface area contributed by atoms with Gasteiger partial charge >= 0.3 is 12.0 Å². The monoisotopic (exact) mass is 482 g/mol. The third kappa shape index (κ3) is 5.68. The van der Waals surface area contributed by atoms with Crippen LogP contribution < -0.4 is 5.32 Å². The van der Waals surface area contributed by atoms with Gasteiger partial charge in [-0.25, -0.2) is 19.9 Å². The van der Waals surface area contributed by atoms with Crippen LogP contribution in [0.25, 0.3) is 11.1 Å². The lowest BCUT2D eigenvalue weighted by Gasteiger charge is -2.30. The first kappa shape index (κ1) is 23.2. The Morgan fingerprint density at radius 3 is 2.64 bits per heavy atom. The quantitative estimate of drug-likeness (QED) is 0.396. The highest BCUT2D eigenvalue weighted by Crippen LogP contribution is 2.31. The van der Waals surface area contributed by atoms with Crippen LogP contribution in [0.4, 0.5) is 10.5 Å². The van der Waals surface area contributed by atoms with Gasteiger partial charge in [0, 0.05) is 41.0 Å². The number of thiazole rings is 1. The van der Waals surface area contributed by atoms with Crippen LogP contribution in [-0.2, 0) is 4.74 Å². The number of piperidine rings is 1. The second-order valence-corrected chi connectivity index (χ2v) is 9.13. The first-order valence-corrected chi connectivity index (χ1v) is 12.0. The summed E-state index contributed by atoms with van der Waals surface area (Å²) < 4.78 is 5.11. The standard InChI is InChI=1S/C25H24ClN3O3S/c1-2-15-32-25(31)29-13-11-18(12-14-29)24-28-22(16-33-24)23(30)27-21-6-4-3-5-20(21)17-7-9-19(26)10-8-17/h2-10,16,18H,1,11-15H2,(H,27,30)/p+1. The highest BCUT2D eigenvalue weighted by Gasteiger charge is 2.27. The number of amides is 2. The van der Waals surface area contributed by atoms with E-state index in [1.165, 1.54) is 11.3 Å². The Hall–Kier alpha value is -3.00. The van der Waals surface area contributed by atoms with Gasteiger partial charge in [0.2, 0.25) is 0 Å². The number of benzene rings is 2. The summed E-state index contributed by atoms with van der Waals surface area (Å²) in [5.74, 6) is 0.116. The zero-order chi connectivity index (χ0) is 23.2. The molecule has 0 unspecified atom stereocenters. The summed E-state index contributed by atoms with van der Waals surface area (Å²) in [7, 11) is 0. The van der Waals surface area contributed by atoms with Crippen molar-refractivity contribution in [3.63, 3.8) is 0 Å². The third-order valence-corrected chi connectivity index (χ3v) is 6.86. The fraction of sp³-hybridized carbons (Fsp3) is 0.240. The molecular formula is C25H25ClN3O3S+. The average molecular weight is 483 g/mol. The van der Waals surface area contributed by atoms with E-state index in [1.807, 2.05) is 53.9 Å². The molecule has 2 N–H and O–H groups in total. The van der Waals surface area contributed by atoms with Gasteiger partial charge in [-0.15, -0.1) is 11.3 Å². The highest BCUT2D eigenvalue weighted by molar-refractivity contribution is 7.09. The topological polar surface area (TPSA) is 76.1 Å². The molecule has 0 saturated carbocycles. The molecule has 1 fully saturated rings. The van der Waals surface area contributed by atoms with E-state index in [1.54, 1.807) is 16.3 Å². The summed E-state index contributed by atoms with van der Waals surface area (Å²) >= 11 is 7.52. The molecule has 2 heterocycles. The van der Waals surface area contributed by atoms with Crippen LogP contribution >= 0.6 is 22.9 Å². The molecule has 0 radical (unpaired) electrons. The predicted octanol–water partition coefficient (Wildman–Crippen LogP) is 5.00. The molecule has 8 heteroatoms. The summed E-state index contributed by atoms with van der Waals surface area (Å²) in [6.45, 7) is 5.01. The van der Waals surface area contributed by atoms with Crippen LogP contribution in [-0.4, -0.2) is 41.6 Å². The number of halogens is 1. The van der Waals surface area contributed by atoms with Crippen LogP contribution in [0.3, 0.4) is 0 Å². The fourth-order valence-corrected chi connectivity index (χ4v) is 4.96. The molecule has 0 spiro atoms. The molecule has 1 aliphatic heterocycles. The molecule has 3 aromatic rings. The highest BCUT2D eigenvalue weighted by atomic mass is 35.5. The first-order valence-electron chi connectivity index (χ1n) is 10.8. The average Bonchev–Trinajstić information content (AvgIpc) is 3.34. The molecule has 4 rings (SSSR count). The lowest BCUT2D eigenvalue weighted by atomic mass is 9.98. The number of primary amides is 1. The minimum atomic E-state index is -0.308. The third-order valence-electron chi connectivity index (χ3n) is 5.60. The van der Waals surface area contributed by atoms with Crippen molar-refractivity contribution in [2.45, 2.75) is 18.8 Å². The Morgan fingerprint density at radius 1 is 1.18 bits per heavy atom. The number of rotatable bonds is 6. The number of hydrogen-bond acceptors (Lipinski definition) is 5. The van der Waals surface area contributed by atoms with E-state index in [0.717, 1.165) is 34.7 Å². The molecule has 6 nitrogen and oxygen atoms in total. The lowest BCUT2D eigenvalue weighted by Crippen LogP contribution is -2.82. The fourth-order valence-electron chi connectivity index (χ4n) is 3.85. The Labute approximate surface area is 201 Å². The molecule has 1 aliphatic rings. The van der Waals surface area contributed by atoms with Gasteiger partial charge in [0.25, 0.3) is 0 Å². The summed E-state index contributed by atoms with van der Waals surface area (Å²) in [6.07, 6.45) is 2.85. The van der Waals surface area contributed by atoms with Crippen LogP contribution in [0.5, 0.6) is 0 Å². The van der Waals surface area contributed by atoms with Crippen molar-refractivity contribution < 1.29 is 19.6 Å². The van der Waals surface area contributed by atoms with E-state index in [-0.39, 0.29) is 24.5 Å². The molecule has 1 saturated heterocycles. The summed E-state index contributed by atoms with van der Waals surface area (Å²) in [6, 6.07) is 15.4. The SMILES string of the molecule is C=CCOC(=O)N1CCC(c2nc(C(=O)[NH2+]c3ccccc3-c3ccc(Cl)cc3)cs2)CC1. The number of likely N-dealkylation sites (tertiary alicyclic amines) is 1. The first-order chi connectivity index (χ1) is 16.0. The van der Waals surface area contributed by atoms with Crippen molar-refractivity contribution in [2.75, 3.05) is 19.7 Å². The Morgan fingerprint density at radius 2 is 1.91 bits per heavy atom. The zero-order valence-corrected chi connectivity index (χ0v) is 19.6. The zero-order valence-electron chi connectivity index (χ0n) is 18.1. The molecule has 170 valence electrons. The molecule has 0 bridgehead atoms. The van der Waals surface area contributed by atoms with Gasteiger partial charge in [0.1, 0.15) is 12.3 Å². The van der Waals surface area contributed by atoms with E-state index in [2.05, 4.69) is 11.6 Å². The largest absolute Gasteiger partial charge is 0.445 e. The van der Waals surface area contributed by atoms with Gasteiger partial charge in [-0.05, 0) is 36.6 Å². The maximum absolute atomic E-state index is 13.0. The van der Waals surface area contributed by atoms with Crippen LogP contribution in [0.2, 0.25) is 5.02 Å². The van der Waals surface area contributed by atoms with E-state index in [9.17, 15) is 9.59 Å². The van der Waals surface area contributed by atoms with E-state index in [4.69, 9.17) is 16.3 Å². The second-order valence-electron chi connectivity index (χ2n) is 7.80. The molecule has 0 aliphatic carbocycles. The number of nitrogens with two attached hydrogens (primary N) is 1. The summed E-state index contributed by atoms with van der Waals surface area (Å²) in [5.41, 5.74) is 3.25. The van der Waals surface area contributed by atoms with Crippen molar-refractivity contribution in [1.29, 1.82) is 0 Å². The minimum absolute atomic E-state index is 0.121. The van der Waals surface area contributed by atoms with Crippen molar-refractivity contribution in [3.05, 3.63) is 82.3 Å². The number of para-hydroxylation sites is 1. The lowest BCUT2D eigenvalue weighted by molar-refractivity contribution is -0.463. The van der Waals surface area contributed by atoms with Gasteiger partial charge in [-0.2, -0.15) is 0 Å². The predicted molar refractivity (Wildman–Crippen MR) is 130 cm³/mol. The number of quaternary nitrogens is 1. The molecular weight excluding hydrogens is 458 g/mol. The number of hydrogen-bond donors (Lipinski definition) is 1.